The molecule has 0 saturated carbocycles. The molecule has 0 heterocycles. The molecule has 18 heavy (non-hydrogen) atoms. The van der Waals surface area contributed by atoms with Gasteiger partial charge in [-0.1, -0.05) is 50.6 Å². The van der Waals surface area contributed by atoms with Gasteiger partial charge in [0.25, 0.3) is 0 Å². The molecule has 0 aliphatic heterocycles. The Morgan fingerprint density at radius 3 is 2.33 bits per heavy atom. The van der Waals surface area contributed by atoms with Crippen molar-refractivity contribution in [3.05, 3.63) is 35.9 Å². The van der Waals surface area contributed by atoms with Crippen molar-refractivity contribution in [2.45, 2.75) is 45.2 Å². The molecule has 2 N–H and O–H groups in total. The number of hydrogen-bond donors (Lipinski definition) is 2. The maximum absolute atomic E-state index is 11.1. The summed E-state index contributed by atoms with van der Waals surface area (Å²) in [6, 6.07) is 9.66. The molecule has 1 aromatic rings. The summed E-state index contributed by atoms with van der Waals surface area (Å²) >= 11 is 0. The highest BCUT2D eigenvalue weighted by Crippen LogP contribution is 2.17. The molecule has 2 unspecified atom stereocenters. The lowest BCUT2D eigenvalue weighted by molar-refractivity contribution is -0.139. The van der Waals surface area contributed by atoms with E-state index in [1.54, 1.807) is 0 Å². The van der Waals surface area contributed by atoms with Gasteiger partial charge < -0.3 is 5.11 Å². The zero-order valence-electron chi connectivity index (χ0n) is 10.9. The van der Waals surface area contributed by atoms with Crippen LogP contribution in [0.3, 0.4) is 0 Å². The van der Waals surface area contributed by atoms with Gasteiger partial charge in [0.2, 0.25) is 0 Å². The highest BCUT2D eigenvalue weighted by molar-refractivity contribution is 5.85. The van der Waals surface area contributed by atoms with Crippen LogP contribution in [0.25, 0.3) is 0 Å². The molecule has 0 bridgehead atoms. The maximum atomic E-state index is 11.1. The minimum absolute atomic E-state index is 0. The van der Waals surface area contributed by atoms with Crippen LogP contribution in [-0.4, -0.2) is 17.1 Å². The first-order chi connectivity index (χ1) is 8.19. The van der Waals surface area contributed by atoms with E-state index in [0.29, 0.717) is 6.42 Å². The van der Waals surface area contributed by atoms with Crippen LogP contribution in [0.15, 0.2) is 30.3 Å². The molecular weight excluding hydrogens is 250 g/mol. The van der Waals surface area contributed by atoms with Crippen molar-refractivity contribution in [2.24, 2.45) is 0 Å². The van der Waals surface area contributed by atoms with Crippen molar-refractivity contribution < 1.29 is 9.90 Å². The fraction of sp³-hybridized carbons (Fsp3) is 0.500. The Kier molecular flexibility index (Phi) is 8.42. The van der Waals surface area contributed by atoms with E-state index >= 15 is 0 Å². The maximum Gasteiger partial charge on any atom is 0.320 e. The van der Waals surface area contributed by atoms with Crippen LogP contribution in [0.2, 0.25) is 0 Å². The minimum Gasteiger partial charge on any atom is -0.480 e. The third kappa shape index (κ3) is 5.07. The summed E-state index contributed by atoms with van der Waals surface area (Å²) in [5.74, 6) is -0.763. The summed E-state index contributed by atoms with van der Waals surface area (Å²) in [5, 5.41) is 12.4. The molecule has 2 atom stereocenters. The number of nitrogens with one attached hydrogen (secondary N) is 1. The number of aliphatic carboxylic acids is 1. The molecule has 0 radical (unpaired) electrons. The average molecular weight is 272 g/mol. The van der Waals surface area contributed by atoms with Gasteiger partial charge in [-0.2, -0.15) is 0 Å². The number of carboxylic acid groups (broad SMARTS) is 1. The number of benzene rings is 1. The molecule has 3 nitrogen and oxygen atoms in total. The van der Waals surface area contributed by atoms with Gasteiger partial charge in [0.1, 0.15) is 6.04 Å². The minimum atomic E-state index is -0.763. The zero-order valence-corrected chi connectivity index (χ0v) is 11.7. The number of carboxylic acids is 1. The molecule has 0 amide bonds. The van der Waals surface area contributed by atoms with E-state index in [-0.39, 0.29) is 18.4 Å². The summed E-state index contributed by atoms with van der Waals surface area (Å²) in [5.41, 5.74) is 1.15. The van der Waals surface area contributed by atoms with E-state index in [2.05, 4.69) is 12.2 Å². The normalized spacial score (nSPS) is 13.4. The second-order valence-electron chi connectivity index (χ2n) is 4.22. The monoisotopic (exact) mass is 271 g/mol. The lowest BCUT2D eigenvalue weighted by Gasteiger charge is -2.22. The number of halogens is 1. The van der Waals surface area contributed by atoms with Gasteiger partial charge in [-0.05, 0) is 18.4 Å². The van der Waals surface area contributed by atoms with Crippen LogP contribution in [0.1, 0.15) is 44.7 Å². The molecular formula is C14H22ClNO2. The van der Waals surface area contributed by atoms with Crippen molar-refractivity contribution in [3.63, 3.8) is 0 Å². The van der Waals surface area contributed by atoms with Gasteiger partial charge in [0.05, 0.1) is 0 Å². The number of carbonyl (C=O) groups is 1. The molecule has 0 saturated heterocycles. The zero-order chi connectivity index (χ0) is 12.7. The van der Waals surface area contributed by atoms with Crippen LogP contribution in [-0.2, 0) is 4.79 Å². The molecule has 4 heteroatoms. The third-order valence-corrected chi connectivity index (χ3v) is 2.89. The van der Waals surface area contributed by atoms with Crippen molar-refractivity contribution in [3.8, 4) is 0 Å². The summed E-state index contributed by atoms with van der Waals surface area (Å²) in [6.07, 6.45) is 2.42. The quantitative estimate of drug-likeness (QED) is 0.799. The van der Waals surface area contributed by atoms with E-state index in [4.69, 9.17) is 5.11 Å². The Labute approximate surface area is 115 Å². The van der Waals surface area contributed by atoms with E-state index in [9.17, 15) is 4.79 Å². The van der Waals surface area contributed by atoms with Gasteiger partial charge in [-0.15, -0.1) is 12.4 Å². The highest BCUT2D eigenvalue weighted by atomic mass is 35.5. The van der Waals surface area contributed by atoms with Gasteiger partial charge in [-0.25, -0.2) is 0 Å². The van der Waals surface area contributed by atoms with Crippen LogP contribution < -0.4 is 5.32 Å². The second kappa shape index (κ2) is 8.95. The van der Waals surface area contributed by atoms with E-state index in [1.807, 2.05) is 37.3 Å². The SMILES string of the molecule is CCCC(NC(CC)c1ccccc1)C(=O)O.Cl. The fourth-order valence-corrected chi connectivity index (χ4v) is 1.94. The topological polar surface area (TPSA) is 49.3 Å². The van der Waals surface area contributed by atoms with Crippen molar-refractivity contribution in [2.75, 3.05) is 0 Å². The van der Waals surface area contributed by atoms with E-state index in [1.165, 1.54) is 0 Å². The smallest absolute Gasteiger partial charge is 0.320 e. The molecule has 0 fully saturated rings. The van der Waals surface area contributed by atoms with Crippen LogP contribution in [0.4, 0.5) is 0 Å². The molecule has 0 spiro atoms. The van der Waals surface area contributed by atoms with Gasteiger partial charge in [0, 0.05) is 6.04 Å². The van der Waals surface area contributed by atoms with Crippen molar-refractivity contribution >= 4 is 18.4 Å². The lowest BCUT2D eigenvalue weighted by atomic mass is 10.0. The van der Waals surface area contributed by atoms with Gasteiger partial charge in [-0.3, -0.25) is 10.1 Å². The third-order valence-electron chi connectivity index (χ3n) is 2.89. The second-order valence-corrected chi connectivity index (χ2v) is 4.22. The predicted molar refractivity (Wildman–Crippen MR) is 76.2 cm³/mol. The van der Waals surface area contributed by atoms with E-state index < -0.39 is 12.0 Å². The first-order valence-electron chi connectivity index (χ1n) is 6.22. The Morgan fingerprint density at radius 2 is 1.89 bits per heavy atom. The lowest BCUT2D eigenvalue weighted by Crippen LogP contribution is -2.38. The number of hydrogen-bond acceptors (Lipinski definition) is 2. The molecule has 0 aliphatic carbocycles. The predicted octanol–water partition coefficient (Wildman–Crippen LogP) is 3.40. The van der Waals surface area contributed by atoms with Crippen LogP contribution in [0.5, 0.6) is 0 Å². The van der Waals surface area contributed by atoms with Gasteiger partial charge in [0.15, 0.2) is 0 Å². The largest absolute Gasteiger partial charge is 0.480 e. The Morgan fingerprint density at radius 1 is 1.28 bits per heavy atom. The first kappa shape index (κ1) is 16.9. The average Bonchev–Trinajstić information content (AvgIpc) is 2.35. The molecule has 102 valence electrons. The van der Waals surface area contributed by atoms with Crippen molar-refractivity contribution in [1.82, 2.24) is 5.32 Å². The summed E-state index contributed by atoms with van der Waals surface area (Å²) in [4.78, 5) is 11.1. The summed E-state index contributed by atoms with van der Waals surface area (Å²) in [6.45, 7) is 4.07. The molecule has 0 aromatic heterocycles. The van der Waals surface area contributed by atoms with Crippen LogP contribution in [0, 0.1) is 0 Å². The first-order valence-corrected chi connectivity index (χ1v) is 6.22. The fourth-order valence-electron chi connectivity index (χ4n) is 1.94. The summed E-state index contributed by atoms with van der Waals surface area (Å²) in [7, 11) is 0. The Hall–Kier alpha value is -1.06. The molecule has 0 aliphatic rings. The van der Waals surface area contributed by atoms with Crippen molar-refractivity contribution in [1.29, 1.82) is 0 Å². The molecule has 1 rings (SSSR count). The summed E-state index contributed by atoms with van der Waals surface area (Å²) < 4.78 is 0. The van der Waals surface area contributed by atoms with Crippen LogP contribution >= 0.6 is 12.4 Å². The molecule has 1 aromatic carbocycles. The standard InChI is InChI=1S/C14H21NO2.ClH/c1-3-8-13(14(16)17)15-12(4-2)11-9-6-5-7-10-11;/h5-7,9-10,12-13,15H,3-4,8H2,1-2H3,(H,16,17);1H. The highest BCUT2D eigenvalue weighted by Gasteiger charge is 2.20. The Bertz CT molecular complexity index is 343. The Balaban J connectivity index is 0.00000289. The number of rotatable bonds is 7. The van der Waals surface area contributed by atoms with E-state index in [0.717, 1.165) is 18.4 Å². The van der Waals surface area contributed by atoms with Gasteiger partial charge >= 0.3 is 5.97 Å².